The SMILES string of the molecule is CCC(C)CCCCCCc1ccc(O)c(OC)c1. The molecule has 1 atom stereocenters. The van der Waals surface area contributed by atoms with Gasteiger partial charge in [-0.2, -0.15) is 0 Å². The minimum atomic E-state index is 0.222. The standard InChI is InChI=1S/C17H28O2/c1-4-14(2)9-7-5-6-8-10-15-11-12-16(18)17(13-15)19-3/h11-14,18H,4-10H2,1-3H3. The van der Waals surface area contributed by atoms with Crippen LogP contribution >= 0.6 is 0 Å². The first-order valence-electron chi connectivity index (χ1n) is 7.53. The normalized spacial score (nSPS) is 12.4. The van der Waals surface area contributed by atoms with Gasteiger partial charge in [0.25, 0.3) is 0 Å². The Hall–Kier alpha value is -1.18. The molecule has 0 aliphatic heterocycles. The molecule has 0 radical (unpaired) electrons. The summed E-state index contributed by atoms with van der Waals surface area (Å²) in [6.45, 7) is 4.60. The topological polar surface area (TPSA) is 29.5 Å². The van der Waals surface area contributed by atoms with Crippen LogP contribution in [0, 0.1) is 5.92 Å². The quantitative estimate of drug-likeness (QED) is 0.640. The van der Waals surface area contributed by atoms with Crippen molar-refractivity contribution in [2.45, 2.75) is 58.8 Å². The molecule has 0 saturated heterocycles. The predicted octanol–water partition coefficient (Wildman–Crippen LogP) is 4.94. The molecule has 2 heteroatoms. The summed E-state index contributed by atoms with van der Waals surface area (Å²) in [4.78, 5) is 0. The van der Waals surface area contributed by atoms with Gasteiger partial charge in [0, 0.05) is 0 Å². The molecule has 0 saturated carbocycles. The van der Waals surface area contributed by atoms with Crippen molar-refractivity contribution < 1.29 is 9.84 Å². The molecule has 1 rings (SSSR count). The minimum absolute atomic E-state index is 0.222. The van der Waals surface area contributed by atoms with E-state index in [9.17, 15) is 5.11 Å². The highest BCUT2D eigenvalue weighted by Crippen LogP contribution is 2.27. The third kappa shape index (κ3) is 6.00. The maximum atomic E-state index is 9.53. The summed E-state index contributed by atoms with van der Waals surface area (Å²) in [6.07, 6.45) is 8.93. The highest BCUT2D eigenvalue weighted by atomic mass is 16.5. The van der Waals surface area contributed by atoms with Crippen LogP contribution in [-0.2, 0) is 6.42 Å². The number of unbranched alkanes of at least 4 members (excludes halogenated alkanes) is 3. The molecule has 0 spiro atoms. The maximum absolute atomic E-state index is 9.53. The first-order valence-corrected chi connectivity index (χ1v) is 7.53. The Balaban J connectivity index is 2.19. The number of aromatic hydroxyl groups is 1. The molecule has 0 fully saturated rings. The lowest BCUT2D eigenvalue weighted by Crippen LogP contribution is -1.92. The Labute approximate surface area is 117 Å². The van der Waals surface area contributed by atoms with Crippen LogP contribution in [0.4, 0.5) is 0 Å². The van der Waals surface area contributed by atoms with Gasteiger partial charge in [0.1, 0.15) is 0 Å². The van der Waals surface area contributed by atoms with Crippen molar-refractivity contribution in [1.82, 2.24) is 0 Å². The fraction of sp³-hybridized carbons (Fsp3) is 0.647. The van der Waals surface area contributed by atoms with Gasteiger partial charge < -0.3 is 9.84 Å². The van der Waals surface area contributed by atoms with Gasteiger partial charge >= 0.3 is 0 Å². The van der Waals surface area contributed by atoms with E-state index in [-0.39, 0.29) is 5.75 Å². The molecular formula is C17H28O2. The van der Waals surface area contributed by atoms with E-state index in [0.29, 0.717) is 5.75 Å². The molecule has 0 aromatic heterocycles. The van der Waals surface area contributed by atoms with Crippen LogP contribution in [0.25, 0.3) is 0 Å². The number of benzene rings is 1. The maximum Gasteiger partial charge on any atom is 0.160 e. The van der Waals surface area contributed by atoms with E-state index in [2.05, 4.69) is 13.8 Å². The summed E-state index contributed by atoms with van der Waals surface area (Å²) >= 11 is 0. The molecular weight excluding hydrogens is 236 g/mol. The third-order valence-electron chi connectivity index (χ3n) is 3.85. The van der Waals surface area contributed by atoms with Gasteiger partial charge in [-0.3, -0.25) is 0 Å². The second kappa shape index (κ2) is 8.84. The van der Waals surface area contributed by atoms with Gasteiger partial charge in [-0.1, -0.05) is 52.0 Å². The van der Waals surface area contributed by atoms with E-state index in [1.54, 1.807) is 13.2 Å². The molecule has 1 aromatic carbocycles. The molecule has 1 aromatic rings. The van der Waals surface area contributed by atoms with Crippen LogP contribution in [0.1, 0.15) is 57.9 Å². The monoisotopic (exact) mass is 264 g/mol. The van der Waals surface area contributed by atoms with Crippen molar-refractivity contribution in [2.75, 3.05) is 7.11 Å². The third-order valence-corrected chi connectivity index (χ3v) is 3.85. The number of methoxy groups -OCH3 is 1. The Bertz CT molecular complexity index is 360. The van der Waals surface area contributed by atoms with Crippen LogP contribution < -0.4 is 4.74 Å². The molecule has 0 amide bonds. The molecule has 108 valence electrons. The summed E-state index contributed by atoms with van der Waals surface area (Å²) in [6, 6.07) is 5.64. The van der Waals surface area contributed by atoms with Crippen LogP contribution in [-0.4, -0.2) is 12.2 Å². The average molecular weight is 264 g/mol. The summed E-state index contributed by atoms with van der Waals surface area (Å²) in [5, 5.41) is 9.53. The zero-order valence-electron chi connectivity index (χ0n) is 12.6. The van der Waals surface area contributed by atoms with Crippen LogP contribution in [0.15, 0.2) is 18.2 Å². The van der Waals surface area contributed by atoms with Gasteiger partial charge in [-0.15, -0.1) is 0 Å². The second-order valence-corrected chi connectivity index (χ2v) is 5.47. The van der Waals surface area contributed by atoms with Crippen LogP contribution in [0.2, 0.25) is 0 Å². The average Bonchev–Trinajstić information content (AvgIpc) is 2.43. The summed E-state index contributed by atoms with van der Waals surface area (Å²) < 4.78 is 5.12. The molecule has 1 unspecified atom stereocenters. The van der Waals surface area contributed by atoms with E-state index in [1.165, 1.54) is 44.1 Å². The van der Waals surface area contributed by atoms with Gasteiger partial charge in [-0.05, 0) is 36.5 Å². The number of hydrogen-bond donors (Lipinski definition) is 1. The second-order valence-electron chi connectivity index (χ2n) is 5.47. The summed E-state index contributed by atoms with van der Waals surface area (Å²) in [5.74, 6) is 1.68. The van der Waals surface area contributed by atoms with Gasteiger partial charge in [0.15, 0.2) is 11.5 Å². The summed E-state index contributed by atoms with van der Waals surface area (Å²) in [7, 11) is 1.59. The lowest BCUT2D eigenvalue weighted by molar-refractivity contribution is 0.373. The molecule has 0 heterocycles. The highest BCUT2D eigenvalue weighted by molar-refractivity contribution is 5.41. The fourth-order valence-corrected chi connectivity index (χ4v) is 2.26. The van der Waals surface area contributed by atoms with Crippen molar-refractivity contribution in [3.8, 4) is 11.5 Å². The largest absolute Gasteiger partial charge is 0.504 e. The molecule has 0 aliphatic rings. The van der Waals surface area contributed by atoms with Crippen molar-refractivity contribution in [2.24, 2.45) is 5.92 Å². The lowest BCUT2D eigenvalue weighted by atomic mass is 9.99. The van der Waals surface area contributed by atoms with Crippen molar-refractivity contribution in [3.63, 3.8) is 0 Å². The van der Waals surface area contributed by atoms with E-state index >= 15 is 0 Å². The number of hydrogen-bond acceptors (Lipinski definition) is 2. The zero-order chi connectivity index (χ0) is 14.1. The zero-order valence-corrected chi connectivity index (χ0v) is 12.6. The minimum Gasteiger partial charge on any atom is -0.504 e. The Morgan fingerprint density at radius 1 is 1.16 bits per heavy atom. The van der Waals surface area contributed by atoms with Gasteiger partial charge in [0.05, 0.1) is 7.11 Å². The molecule has 2 nitrogen and oxygen atoms in total. The number of aryl methyl sites for hydroxylation is 1. The number of phenols is 1. The number of rotatable bonds is 9. The fourth-order valence-electron chi connectivity index (χ4n) is 2.26. The number of ether oxygens (including phenoxy) is 1. The van der Waals surface area contributed by atoms with Crippen molar-refractivity contribution >= 4 is 0 Å². The summed E-state index contributed by atoms with van der Waals surface area (Å²) in [5.41, 5.74) is 1.25. The molecule has 1 N–H and O–H groups in total. The van der Waals surface area contributed by atoms with Crippen molar-refractivity contribution in [3.05, 3.63) is 23.8 Å². The van der Waals surface area contributed by atoms with Crippen LogP contribution in [0.5, 0.6) is 11.5 Å². The first kappa shape index (κ1) is 15.9. The highest BCUT2D eigenvalue weighted by Gasteiger charge is 2.03. The Morgan fingerprint density at radius 2 is 1.89 bits per heavy atom. The lowest BCUT2D eigenvalue weighted by Gasteiger charge is -2.08. The molecule has 0 aliphatic carbocycles. The van der Waals surface area contributed by atoms with Gasteiger partial charge in [0.2, 0.25) is 0 Å². The predicted molar refractivity (Wildman–Crippen MR) is 80.9 cm³/mol. The Kier molecular flexibility index (Phi) is 7.39. The van der Waals surface area contributed by atoms with E-state index in [4.69, 9.17) is 4.74 Å². The number of phenolic OH excluding ortho intramolecular Hbond substituents is 1. The molecule has 19 heavy (non-hydrogen) atoms. The van der Waals surface area contributed by atoms with Crippen molar-refractivity contribution in [1.29, 1.82) is 0 Å². The van der Waals surface area contributed by atoms with E-state index in [0.717, 1.165) is 12.3 Å². The van der Waals surface area contributed by atoms with E-state index < -0.39 is 0 Å². The first-order chi connectivity index (χ1) is 9.17. The van der Waals surface area contributed by atoms with E-state index in [1.807, 2.05) is 12.1 Å². The van der Waals surface area contributed by atoms with Gasteiger partial charge in [-0.25, -0.2) is 0 Å². The van der Waals surface area contributed by atoms with Crippen LogP contribution in [0.3, 0.4) is 0 Å². The Morgan fingerprint density at radius 3 is 2.58 bits per heavy atom. The smallest absolute Gasteiger partial charge is 0.160 e. The molecule has 0 bridgehead atoms.